The van der Waals surface area contributed by atoms with Crippen molar-refractivity contribution < 1.29 is 34.0 Å². The van der Waals surface area contributed by atoms with Crippen molar-refractivity contribution in [3.8, 4) is 39.1 Å². The molecule has 0 bridgehead atoms. The molecule has 0 atom stereocenters. The number of aliphatic hydroxyl groups excluding tert-OH is 2. The van der Waals surface area contributed by atoms with E-state index >= 15 is 0 Å². The molecule has 4 aromatic rings. The molecule has 1 fully saturated rings. The summed E-state index contributed by atoms with van der Waals surface area (Å²) in [5.41, 5.74) is 11.3. The zero-order valence-corrected chi connectivity index (χ0v) is 39.4. The van der Waals surface area contributed by atoms with Gasteiger partial charge >= 0.3 is 11.9 Å². The fourth-order valence-corrected chi connectivity index (χ4v) is 8.88. The molecule has 5 rings (SSSR count). The number of aryl methyl sites for hydroxylation is 3. The van der Waals surface area contributed by atoms with Gasteiger partial charge in [0.1, 0.15) is 5.75 Å². The zero-order chi connectivity index (χ0) is 46.1. The SMILES string of the molecule is C=C(C)C(=O)OCCCc1cc(-c2ccc(-c3ccc(-c4ccc(C5CCC(CCCCC)CC5)cc4)cc3)cc2CC)cc(CCCOC(=O)C(=C)C)c1OCC(CC)(CO)CO. The molecule has 64 heavy (non-hydrogen) atoms. The molecule has 0 amide bonds. The van der Waals surface area contributed by atoms with E-state index in [1.165, 1.54) is 73.6 Å². The summed E-state index contributed by atoms with van der Waals surface area (Å²) in [4.78, 5) is 24.4. The normalized spacial score (nSPS) is 15.1. The fourth-order valence-electron chi connectivity index (χ4n) is 8.88. The van der Waals surface area contributed by atoms with Crippen LogP contribution < -0.4 is 4.74 Å². The van der Waals surface area contributed by atoms with Gasteiger partial charge in [0.15, 0.2) is 0 Å². The summed E-state index contributed by atoms with van der Waals surface area (Å²) in [7, 11) is 0. The van der Waals surface area contributed by atoms with Crippen molar-refractivity contribution in [2.45, 2.75) is 130 Å². The molecular weight excluding hydrogens is 797 g/mol. The lowest BCUT2D eigenvalue weighted by molar-refractivity contribution is -0.139. The third-order valence-electron chi connectivity index (χ3n) is 13.3. The molecule has 4 aromatic carbocycles. The highest BCUT2D eigenvalue weighted by atomic mass is 16.5. The molecule has 0 aromatic heterocycles. The van der Waals surface area contributed by atoms with Gasteiger partial charge in [-0.1, -0.05) is 126 Å². The lowest BCUT2D eigenvalue weighted by Crippen LogP contribution is -2.36. The number of aliphatic hydroxyl groups is 2. The first-order chi connectivity index (χ1) is 30.9. The lowest BCUT2D eigenvalue weighted by Gasteiger charge is -2.29. The van der Waals surface area contributed by atoms with Gasteiger partial charge in [0.25, 0.3) is 0 Å². The molecule has 0 spiro atoms. The molecule has 2 N–H and O–H groups in total. The van der Waals surface area contributed by atoms with Gasteiger partial charge in [-0.05, 0) is 158 Å². The Morgan fingerprint density at radius 2 is 1.14 bits per heavy atom. The molecule has 7 heteroatoms. The number of unbranched alkanes of at least 4 members (excludes halogenated alkanes) is 2. The minimum Gasteiger partial charge on any atom is -0.492 e. The van der Waals surface area contributed by atoms with Crippen molar-refractivity contribution in [1.82, 2.24) is 0 Å². The molecule has 0 saturated heterocycles. The molecule has 0 unspecified atom stereocenters. The van der Waals surface area contributed by atoms with Crippen LogP contribution >= 0.6 is 0 Å². The van der Waals surface area contributed by atoms with E-state index in [0.717, 1.165) is 45.7 Å². The first kappa shape index (κ1) is 50.0. The van der Waals surface area contributed by atoms with Crippen molar-refractivity contribution >= 4 is 11.9 Å². The van der Waals surface area contributed by atoms with Crippen LogP contribution in [-0.2, 0) is 38.3 Å². The first-order valence-electron chi connectivity index (χ1n) is 23.9. The maximum Gasteiger partial charge on any atom is 0.333 e. The van der Waals surface area contributed by atoms with E-state index in [2.05, 4.69) is 106 Å². The van der Waals surface area contributed by atoms with Crippen LogP contribution in [0.1, 0.15) is 133 Å². The van der Waals surface area contributed by atoms with E-state index in [1.54, 1.807) is 13.8 Å². The van der Waals surface area contributed by atoms with Crippen molar-refractivity contribution in [2.24, 2.45) is 11.3 Å². The fraction of sp³-hybridized carbons (Fsp3) is 0.474. The molecule has 7 nitrogen and oxygen atoms in total. The monoisotopic (exact) mass is 871 g/mol. The Morgan fingerprint density at radius 1 is 0.641 bits per heavy atom. The molecule has 0 radical (unpaired) electrons. The number of benzene rings is 4. The summed E-state index contributed by atoms with van der Waals surface area (Å²) in [5.74, 6) is 1.42. The Morgan fingerprint density at radius 3 is 1.62 bits per heavy atom. The Bertz CT molecular complexity index is 2070. The molecule has 1 aliphatic carbocycles. The highest BCUT2D eigenvalue weighted by molar-refractivity contribution is 5.87. The molecule has 1 aliphatic rings. The van der Waals surface area contributed by atoms with Crippen LogP contribution in [0.3, 0.4) is 0 Å². The van der Waals surface area contributed by atoms with Gasteiger partial charge in [0.2, 0.25) is 0 Å². The summed E-state index contributed by atoms with van der Waals surface area (Å²) in [6.45, 7) is 17.2. The number of carbonyl (C=O) groups is 2. The summed E-state index contributed by atoms with van der Waals surface area (Å²) < 4.78 is 17.5. The number of rotatable bonds is 25. The number of hydrogen-bond donors (Lipinski definition) is 2. The highest BCUT2D eigenvalue weighted by Crippen LogP contribution is 2.40. The third kappa shape index (κ3) is 13.8. The van der Waals surface area contributed by atoms with E-state index in [-0.39, 0.29) is 33.0 Å². The topological polar surface area (TPSA) is 102 Å². The molecule has 0 aliphatic heterocycles. The second-order valence-corrected chi connectivity index (χ2v) is 18.3. The summed E-state index contributed by atoms with van der Waals surface area (Å²) in [6.07, 6.45) is 14.4. The average molecular weight is 871 g/mol. The number of hydrogen-bond acceptors (Lipinski definition) is 7. The number of carbonyl (C=O) groups excluding carboxylic acids is 2. The van der Waals surface area contributed by atoms with E-state index in [0.29, 0.717) is 54.9 Å². The minimum absolute atomic E-state index is 0.115. The summed E-state index contributed by atoms with van der Waals surface area (Å²) in [5, 5.41) is 20.6. The van der Waals surface area contributed by atoms with Gasteiger partial charge in [-0.15, -0.1) is 0 Å². The second-order valence-electron chi connectivity index (χ2n) is 18.3. The predicted octanol–water partition coefficient (Wildman–Crippen LogP) is 13.0. The molecular formula is C57H74O7. The van der Waals surface area contributed by atoms with Gasteiger partial charge in [-0.25, -0.2) is 9.59 Å². The maximum atomic E-state index is 12.2. The van der Waals surface area contributed by atoms with Crippen LogP contribution in [0.5, 0.6) is 5.75 Å². The molecule has 0 heterocycles. The van der Waals surface area contributed by atoms with Gasteiger partial charge in [-0.3, -0.25) is 0 Å². The Hall–Kier alpha value is -4.98. The van der Waals surface area contributed by atoms with Crippen LogP contribution in [0.25, 0.3) is 33.4 Å². The quantitative estimate of drug-likeness (QED) is 0.0388. The summed E-state index contributed by atoms with van der Waals surface area (Å²) >= 11 is 0. The average Bonchev–Trinajstić information content (AvgIpc) is 3.32. The Labute approximate surface area is 384 Å². The minimum atomic E-state index is -0.818. The van der Waals surface area contributed by atoms with Gasteiger partial charge < -0.3 is 24.4 Å². The Kier molecular flexibility index (Phi) is 19.5. The largest absolute Gasteiger partial charge is 0.492 e. The second kappa shape index (κ2) is 24.9. The first-order valence-corrected chi connectivity index (χ1v) is 23.9. The van der Waals surface area contributed by atoms with E-state index in [4.69, 9.17) is 14.2 Å². The van der Waals surface area contributed by atoms with Gasteiger partial charge in [0.05, 0.1) is 38.4 Å². The zero-order valence-electron chi connectivity index (χ0n) is 39.4. The van der Waals surface area contributed by atoms with Crippen molar-refractivity contribution in [2.75, 3.05) is 33.0 Å². The van der Waals surface area contributed by atoms with Crippen molar-refractivity contribution in [1.29, 1.82) is 0 Å². The standard InChI is InChI=1S/C57H74O7/c1-8-11-12-15-42-18-20-44(21-19-42)45-22-24-46(25-23-45)47-26-28-48(29-27-47)49-30-31-53(43(9-2)34-49)52-35-50(16-13-32-62-55(60)40(4)5)54(64-39-57(10-3,37-58)38-59)51(36-52)17-14-33-63-56(61)41(6)7/h22-31,34-36,42,44,58-59H,4,6,8-21,32-33,37-39H2,1-3,5,7H3. The summed E-state index contributed by atoms with van der Waals surface area (Å²) in [6, 6.07) is 29.2. The van der Waals surface area contributed by atoms with Crippen LogP contribution in [0.15, 0.2) is 103 Å². The van der Waals surface area contributed by atoms with E-state index in [9.17, 15) is 19.8 Å². The smallest absolute Gasteiger partial charge is 0.333 e. The Balaban J connectivity index is 1.40. The van der Waals surface area contributed by atoms with Crippen LogP contribution in [0.2, 0.25) is 0 Å². The number of esters is 2. The van der Waals surface area contributed by atoms with Gasteiger partial charge in [0, 0.05) is 11.1 Å². The third-order valence-corrected chi connectivity index (χ3v) is 13.3. The maximum absolute atomic E-state index is 12.2. The van der Waals surface area contributed by atoms with Crippen molar-refractivity contribution in [3.63, 3.8) is 0 Å². The number of ether oxygens (including phenoxy) is 3. The highest BCUT2D eigenvalue weighted by Gasteiger charge is 2.29. The van der Waals surface area contributed by atoms with Crippen LogP contribution in [0.4, 0.5) is 0 Å². The van der Waals surface area contributed by atoms with E-state index in [1.807, 2.05) is 6.92 Å². The lowest BCUT2D eigenvalue weighted by atomic mass is 9.77. The van der Waals surface area contributed by atoms with E-state index < -0.39 is 17.4 Å². The van der Waals surface area contributed by atoms with Crippen LogP contribution in [-0.4, -0.2) is 55.2 Å². The predicted molar refractivity (Wildman–Crippen MR) is 262 cm³/mol. The molecule has 1 saturated carbocycles. The van der Waals surface area contributed by atoms with Crippen molar-refractivity contribution in [3.05, 3.63) is 125 Å². The van der Waals surface area contributed by atoms with Gasteiger partial charge in [-0.2, -0.15) is 0 Å². The van der Waals surface area contributed by atoms with Crippen LogP contribution in [0, 0.1) is 11.3 Å². The molecule has 344 valence electrons.